The molecule has 1 amide bonds. The second kappa shape index (κ2) is 9.16. The Labute approximate surface area is 182 Å². The van der Waals surface area contributed by atoms with Crippen molar-refractivity contribution < 1.29 is 4.79 Å². The average Bonchev–Trinajstić information content (AvgIpc) is 3.25. The van der Waals surface area contributed by atoms with Crippen molar-refractivity contribution >= 4 is 33.2 Å². The van der Waals surface area contributed by atoms with Crippen molar-refractivity contribution in [1.29, 1.82) is 0 Å². The summed E-state index contributed by atoms with van der Waals surface area (Å²) in [6.07, 6.45) is 0.382. The molecule has 0 bridgehead atoms. The molecule has 4 rings (SSSR count). The van der Waals surface area contributed by atoms with Crippen LogP contribution in [0.15, 0.2) is 88.7 Å². The number of rotatable bonds is 6. The maximum atomic E-state index is 12.2. The number of amides is 1. The lowest BCUT2D eigenvalue weighted by Crippen LogP contribution is -2.24. The van der Waals surface area contributed by atoms with Gasteiger partial charge in [0, 0.05) is 27.5 Å². The molecule has 4 aromatic rings. The standard InChI is InChI=1S/C24H19BrN2OS/c25-21-12-8-17(9-13-21)14-23(28)26-15-18-6-10-20(11-7-18)24-27-22(16-29-24)19-4-2-1-3-5-19/h1-13,16H,14-15H2,(H,26,28). The third kappa shape index (κ3) is 5.19. The van der Waals surface area contributed by atoms with Gasteiger partial charge in [-0.2, -0.15) is 0 Å². The zero-order valence-corrected chi connectivity index (χ0v) is 18.0. The molecular formula is C24H19BrN2OS. The van der Waals surface area contributed by atoms with Gasteiger partial charge < -0.3 is 5.32 Å². The lowest BCUT2D eigenvalue weighted by molar-refractivity contribution is -0.120. The van der Waals surface area contributed by atoms with E-state index in [1.54, 1.807) is 11.3 Å². The molecule has 0 aliphatic carbocycles. The fraction of sp³-hybridized carbons (Fsp3) is 0.0833. The van der Waals surface area contributed by atoms with Crippen LogP contribution in [0.4, 0.5) is 0 Å². The van der Waals surface area contributed by atoms with E-state index >= 15 is 0 Å². The molecular weight excluding hydrogens is 444 g/mol. The second-order valence-electron chi connectivity index (χ2n) is 6.68. The number of carbonyl (C=O) groups excluding carboxylic acids is 1. The van der Waals surface area contributed by atoms with Crippen molar-refractivity contribution in [3.05, 3.63) is 99.8 Å². The average molecular weight is 463 g/mol. The second-order valence-corrected chi connectivity index (χ2v) is 8.45. The maximum absolute atomic E-state index is 12.2. The number of thiazole rings is 1. The first-order valence-corrected chi connectivity index (χ1v) is 11.0. The monoisotopic (exact) mass is 462 g/mol. The smallest absolute Gasteiger partial charge is 0.224 e. The van der Waals surface area contributed by atoms with Crippen molar-refractivity contribution in [2.24, 2.45) is 0 Å². The molecule has 0 atom stereocenters. The third-order valence-electron chi connectivity index (χ3n) is 4.54. The van der Waals surface area contributed by atoms with Gasteiger partial charge in [-0.05, 0) is 23.3 Å². The maximum Gasteiger partial charge on any atom is 0.224 e. The van der Waals surface area contributed by atoms with E-state index in [0.29, 0.717) is 13.0 Å². The van der Waals surface area contributed by atoms with Crippen molar-refractivity contribution in [3.63, 3.8) is 0 Å². The molecule has 0 saturated heterocycles. The fourth-order valence-electron chi connectivity index (χ4n) is 2.96. The fourth-order valence-corrected chi connectivity index (χ4v) is 4.06. The summed E-state index contributed by atoms with van der Waals surface area (Å²) < 4.78 is 1.01. The molecule has 0 aliphatic rings. The highest BCUT2D eigenvalue weighted by Crippen LogP contribution is 2.28. The predicted molar refractivity (Wildman–Crippen MR) is 123 cm³/mol. The molecule has 1 N–H and O–H groups in total. The Morgan fingerprint density at radius 1 is 0.862 bits per heavy atom. The summed E-state index contributed by atoms with van der Waals surface area (Å²) in [6, 6.07) is 26.2. The summed E-state index contributed by atoms with van der Waals surface area (Å²) >= 11 is 5.04. The molecule has 3 nitrogen and oxygen atoms in total. The summed E-state index contributed by atoms with van der Waals surface area (Å²) in [7, 11) is 0. The quantitative estimate of drug-likeness (QED) is 0.376. The van der Waals surface area contributed by atoms with E-state index in [0.717, 1.165) is 37.4 Å². The SMILES string of the molecule is O=C(Cc1ccc(Br)cc1)NCc1ccc(-c2nc(-c3ccccc3)cs2)cc1. The van der Waals surface area contributed by atoms with Gasteiger partial charge in [0.15, 0.2) is 0 Å². The summed E-state index contributed by atoms with van der Waals surface area (Å²) in [5.74, 6) is 0.0174. The van der Waals surface area contributed by atoms with Crippen molar-refractivity contribution in [2.75, 3.05) is 0 Å². The number of hydrogen-bond acceptors (Lipinski definition) is 3. The van der Waals surface area contributed by atoms with E-state index in [1.165, 1.54) is 0 Å². The molecule has 1 heterocycles. The van der Waals surface area contributed by atoms with Crippen LogP contribution in [-0.4, -0.2) is 10.9 Å². The van der Waals surface area contributed by atoms with E-state index in [-0.39, 0.29) is 5.91 Å². The van der Waals surface area contributed by atoms with Gasteiger partial charge in [0.25, 0.3) is 0 Å². The number of benzene rings is 3. The minimum absolute atomic E-state index is 0.0174. The van der Waals surface area contributed by atoms with E-state index in [4.69, 9.17) is 4.98 Å². The van der Waals surface area contributed by atoms with Gasteiger partial charge in [0.05, 0.1) is 12.1 Å². The van der Waals surface area contributed by atoms with E-state index in [1.807, 2.05) is 54.6 Å². The van der Waals surface area contributed by atoms with Crippen LogP contribution in [0.2, 0.25) is 0 Å². The summed E-state index contributed by atoms with van der Waals surface area (Å²) in [5.41, 5.74) is 5.27. The highest BCUT2D eigenvalue weighted by Gasteiger charge is 2.07. The summed E-state index contributed by atoms with van der Waals surface area (Å²) in [5, 5.41) is 6.06. The van der Waals surface area contributed by atoms with Gasteiger partial charge in [-0.15, -0.1) is 11.3 Å². The number of hydrogen-bond donors (Lipinski definition) is 1. The van der Waals surface area contributed by atoms with E-state index in [2.05, 4.69) is 50.9 Å². The van der Waals surface area contributed by atoms with Crippen LogP contribution >= 0.6 is 27.3 Å². The molecule has 144 valence electrons. The minimum atomic E-state index is 0.0174. The summed E-state index contributed by atoms with van der Waals surface area (Å²) in [4.78, 5) is 16.9. The van der Waals surface area contributed by atoms with Crippen molar-refractivity contribution in [1.82, 2.24) is 10.3 Å². The van der Waals surface area contributed by atoms with Gasteiger partial charge in [-0.25, -0.2) is 4.98 Å². The Balaban J connectivity index is 1.35. The first-order valence-electron chi connectivity index (χ1n) is 9.29. The predicted octanol–water partition coefficient (Wildman–Crippen LogP) is 6.10. The van der Waals surface area contributed by atoms with Gasteiger partial charge in [0.2, 0.25) is 5.91 Å². The molecule has 0 unspecified atom stereocenters. The molecule has 0 radical (unpaired) electrons. The van der Waals surface area contributed by atoms with Crippen molar-refractivity contribution in [3.8, 4) is 21.8 Å². The molecule has 29 heavy (non-hydrogen) atoms. The highest BCUT2D eigenvalue weighted by molar-refractivity contribution is 9.10. The molecule has 3 aromatic carbocycles. The first-order chi connectivity index (χ1) is 14.2. The normalized spacial score (nSPS) is 10.7. The summed E-state index contributed by atoms with van der Waals surface area (Å²) in [6.45, 7) is 0.517. The Bertz CT molecular complexity index is 1090. The molecule has 0 fully saturated rings. The number of carbonyl (C=O) groups is 1. The van der Waals surface area contributed by atoms with Crippen LogP contribution < -0.4 is 5.32 Å². The topological polar surface area (TPSA) is 42.0 Å². The number of nitrogens with zero attached hydrogens (tertiary/aromatic N) is 1. The van der Waals surface area contributed by atoms with Gasteiger partial charge in [-0.3, -0.25) is 4.79 Å². The van der Waals surface area contributed by atoms with Gasteiger partial charge in [0.1, 0.15) is 5.01 Å². The zero-order chi connectivity index (χ0) is 20.1. The van der Waals surface area contributed by atoms with Crippen LogP contribution in [0.25, 0.3) is 21.8 Å². The first kappa shape index (κ1) is 19.6. The number of nitrogens with one attached hydrogen (secondary N) is 1. The van der Waals surface area contributed by atoms with E-state index in [9.17, 15) is 4.79 Å². The highest BCUT2D eigenvalue weighted by atomic mass is 79.9. The van der Waals surface area contributed by atoms with Crippen LogP contribution in [0, 0.1) is 0 Å². The minimum Gasteiger partial charge on any atom is -0.352 e. The Morgan fingerprint density at radius 3 is 2.28 bits per heavy atom. The molecule has 1 aromatic heterocycles. The molecule has 0 saturated carbocycles. The van der Waals surface area contributed by atoms with Crippen LogP contribution in [0.5, 0.6) is 0 Å². The number of halogens is 1. The van der Waals surface area contributed by atoms with Crippen LogP contribution in [0.3, 0.4) is 0 Å². The van der Waals surface area contributed by atoms with Crippen LogP contribution in [0.1, 0.15) is 11.1 Å². The molecule has 5 heteroatoms. The van der Waals surface area contributed by atoms with Crippen LogP contribution in [-0.2, 0) is 17.8 Å². The van der Waals surface area contributed by atoms with Crippen molar-refractivity contribution in [2.45, 2.75) is 13.0 Å². The van der Waals surface area contributed by atoms with Gasteiger partial charge >= 0.3 is 0 Å². The Hall–Kier alpha value is -2.76. The lowest BCUT2D eigenvalue weighted by Gasteiger charge is -2.06. The molecule has 0 spiro atoms. The Morgan fingerprint density at radius 2 is 1.55 bits per heavy atom. The number of aromatic nitrogens is 1. The lowest BCUT2D eigenvalue weighted by atomic mass is 10.1. The van der Waals surface area contributed by atoms with Gasteiger partial charge in [-0.1, -0.05) is 82.7 Å². The molecule has 0 aliphatic heterocycles. The Kier molecular flexibility index (Phi) is 6.17. The zero-order valence-electron chi connectivity index (χ0n) is 15.6. The van der Waals surface area contributed by atoms with E-state index < -0.39 is 0 Å². The third-order valence-corrected chi connectivity index (χ3v) is 5.96. The largest absolute Gasteiger partial charge is 0.352 e.